The minimum Gasteiger partial charge on any atom is -0.299 e. The lowest BCUT2D eigenvalue weighted by atomic mass is 9.93. The standard InChI is InChI=1S/C19H28N4/c1-4-23-14-18(16(3)21-23)13-22-10-6-8-17(12-22)11-19-9-5-7-15(2)20-19/h5,7,9,14,17H,4,6,8,10-13H2,1-3H3. The Balaban J connectivity index is 1.60. The molecule has 0 aliphatic carbocycles. The van der Waals surface area contributed by atoms with Crippen LogP contribution < -0.4 is 0 Å². The number of hydrogen-bond acceptors (Lipinski definition) is 3. The molecule has 2 aromatic rings. The van der Waals surface area contributed by atoms with Crippen LogP contribution in [0.5, 0.6) is 0 Å². The molecule has 1 saturated heterocycles. The van der Waals surface area contributed by atoms with E-state index in [4.69, 9.17) is 0 Å². The van der Waals surface area contributed by atoms with E-state index >= 15 is 0 Å². The summed E-state index contributed by atoms with van der Waals surface area (Å²) in [5, 5.41) is 4.57. The highest BCUT2D eigenvalue weighted by Gasteiger charge is 2.21. The summed E-state index contributed by atoms with van der Waals surface area (Å²) < 4.78 is 2.04. The van der Waals surface area contributed by atoms with Crippen LogP contribution in [0.15, 0.2) is 24.4 Å². The van der Waals surface area contributed by atoms with Crippen LogP contribution in [0.2, 0.25) is 0 Å². The minimum absolute atomic E-state index is 0.722. The molecule has 2 aromatic heterocycles. The van der Waals surface area contributed by atoms with Crippen LogP contribution in [0.1, 0.15) is 42.4 Å². The molecule has 1 unspecified atom stereocenters. The molecular weight excluding hydrogens is 284 g/mol. The van der Waals surface area contributed by atoms with Crippen molar-refractivity contribution < 1.29 is 0 Å². The second-order valence-electron chi connectivity index (χ2n) is 6.81. The molecule has 0 amide bonds. The number of likely N-dealkylation sites (tertiary alicyclic amines) is 1. The first-order valence-corrected chi connectivity index (χ1v) is 8.82. The van der Waals surface area contributed by atoms with Crippen molar-refractivity contribution in [3.05, 3.63) is 47.0 Å². The fourth-order valence-electron chi connectivity index (χ4n) is 3.59. The van der Waals surface area contributed by atoms with Gasteiger partial charge in [-0.3, -0.25) is 14.6 Å². The van der Waals surface area contributed by atoms with Gasteiger partial charge in [0.1, 0.15) is 0 Å². The second-order valence-corrected chi connectivity index (χ2v) is 6.81. The number of piperidine rings is 1. The van der Waals surface area contributed by atoms with Gasteiger partial charge in [0.25, 0.3) is 0 Å². The maximum absolute atomic E-state index is 4.67. The Labute approximate surface area is 139 Å². The molecule has 0 spiro atoms. The molecule has 23 heavy (non-hydrogen) atoms. The smallest absolute Gasteiger partial charge is 0.0638 e. The molecule has 1 fully saturated rings. The van der Waals surface area contributed by atoms with Gasteiger partial charge in [-0.2, -0.15) is 5.10 Å². The van der Waals surface area contributed by atoms with Gasteiger partial charge >= 0.3 is 0 Å². The van der Waals surface area contributed by atoms with Crippen LogP contribution >= 0.6 is 0 Å². The summed E-state index contributed by atoms with van der Waals surface area (Å²) in [5.74, 6) is 0.722. The zero-order chi connectivity index (χ0) is 16.2. The van der Waals surface area contributed by atoms with E-state index in [0.29, 0.717) is 0 Å². The molecule has 3 rings (SSSR count). The summed E-state index contributed by atoms with van der Waals surface area (Å²) in [6, 6.07) is 6.37. The van der Waals surface area contributed by atoms with E-state index in [2.05, 4.69) is 60.1 Å². The number of aromatic nitrogens is 3. The quantitative estimate of drug-likeness (QED) is 0.849. The number of pyridine rings is 1. The predicted octanol–water partition coefficient (Wildman–Crippen LogP) is 3.37. The molecule has 0 N–H and O–H groups in total. The summed E-state index contributed by atoms with van der Waals surface area (Å²) in [6.45, 7) is 10.7. The Kier molecular flexibility index (Phi) is 5.11. The van der Waals surface area contributed by atoms with Crippen molar-refractivity contribution in [2.75, 3.05) is 13.1 Å². The van der Waals surface area contributed by atoms with E-state index in [0.717, 1.165) is 31.1 Å². The lowest BCUT2D eigenvalue weighted by Crippen LogP contribution is -2.35. The van der Waals surface area contributed by atoms with Crippen molar-refractivity contribution in [2.24, 2.45) is 5.92 Å². The molecule has 124 valence electrons. The summed E-state index contributed by atoms with van der Waals surface area (Å²) in [4.78, 5) is 7.26. The van der Waals surface area contributed by atoms with E-state index < -0.39 is 0 Å². The third kappa shape index (κ3) is 4.20. The monoisotopic (exact) mass is 312 g/mol. The van der Waals surface area contributed by atoms with Gasteiger partial charge in [-0.1, -0.05) is 6.07 Å². The lowest BCUT2D eigenvalue weighted by molar-refractivity contribution is 0.166. The molecular formula is C19H28N4. The summed E-state index contributed by atoms with van der Waals surface area (Å²) in [5.41, 5.74) is 4.92. The predicted molar refractivity (Wildman–Crippen MR) is 93.3 cm³/mol. The van der Waals surface area contributed by atoms with E-state index in [1.807, 2.05) is 4.68 Å². The van der Waals surface area contributed by atoms with Crippen LogP contribution in [0, 0.1) is 19.8 Å². The molecule has 1 aliphatic rings. The minimum atomic E-state index is 0.722. The Morgan fingerprint density at radius 3 is 2.87 bits per heavy atom. The third-order valence-corrected chi connectivity index (χ3v) is 4.81. The van der Waals surface area contributed by atoms with Crippen LogP contribution in [0.25, 0.3) is 0 Å². The van der Waals surface area contributed by atoms with Gasteiger partial charge in [0.2, 0.25) is 0 Å². The molecule has 0 aromatic carbocycles. The fourth-order valence-corrected chi connectivity index (χ4v) is 3.59. The zero-order valence-electron chi connectivity index (χ0n) is 14.6. The van der Waals surface area contributed by atoms with E-state index in [1.54, 1.807) is 0 Å². The van der Waals surface area contributed by atoms with Crippen molar-refractivity contribution in [3.63, 3.8) is 0 Å². The van der Waals surface area contributed by atoms with Crippen molar-refractivity contribution in [1.29, 1.82) is 0 Å². The van der Waals surface area contributed by atoms with E-state index in [9.17, 15) is 0 Å². The second kappa shape index (κ2) is 7.26. The van der Waals surface area contributed by atoms with Crippen molar-refractivity contribution in [1.82, 2.24) is 19.7 Å². The molecule has 3 heterocycles. The van der Waals surface area contributed by atoms with Gasteiger partial charge in [0.05, 0.1) is 5.69 Å². The van der Waals surface area contributed by atoms with Gasteiger partial charge in [-0.15, -0.1) is 0 Å². The van der Waals surface area contributed by atoms with Crippen LogP contribution in [0.4, 0.5) is 0 Å². The van der Waals surface area contributed by atoms with E-state index in [1.165, 1.54) is 42.9 Å². The Morgan fingerprint density at radius 1 is 1.26 bits per heavy atom. The van der Waals surface area contributed by atoms with Crippen molar-refractivity contribution in [2.45, 2.75) is 53.1 Å². The van der Waals surface area contributed by atoms with Gasteiger partial charge in [0.15, 0.2) is 0 Å². The van der Waals surface area contributed by atoms with Gasteiger partial charge in [0, 0.05) is 42.8 Å². The Morgan fingerprint density at radius 2 is 2.13 bits per heavy atom. The van der Waals surface area contributed by atoms with Crippen LogP contribution in [-0.4, -0.2) is 32.8 Å². The summed E-state index contributed by atoms with van der Waals surface area (Å²) in [6.07, 6.45) is 5.92. The van der Waals surface area contributed by atoms with Crippen LogP contribution in [-0.2, 0) is 19.5 Å². The Hall–Kier alpha value is -1.68. The van der Waals surface area contributed by atoms with E-state index in [-0.39, 0.29) is 0 Å². The summed E-state index contributed by atoms with van der Waals surface area (Å²) in [7, 11) is 0. The molecule has 1 aliphatic heterocycles. The third-order valence-electron chi connectivity index (χ3n) is 4.81. The first-order valence-electron chi connectivity index (χ1n) is 8.82. The SMILES string of the molecule is CCn1cc(CN2CCCC(Cc3cccc(C)n3)C2)c(C)n1. The first kappa shape index (κ1) is 16.2. The highest BCUT2D eigenvalue weighted by molar-refractivity contribution is 5.15. The normalized spacial score (nSPS) is 19.2. The van der Waals surface area contributed by atoms with Crippen LogP contribution in [0.3, 0.4) is 0 Å². The Bertz CT molecular complexity index is 647. The fraction of sp³-hybridized carbons (Fsp3) is 0.579. The lowest BCUT2D eigenvalue weighted by Gasteiger charge is -2.32. The largest absolute Gasteiger partial charge is 0.299 e. The van der Waals surface area contributed by atoms with Gasteiger partial charge in [-0.05, 0) is 64.6 Å². The topological polar surface area (TPSA) is 34.0 Å². The molecule has 0 saturated carbocycles. The first-order chi connectivity index (χ1) is 11.1. The van der Waals surface area contributed by atoms with Gasteiger partial charge in [-0.25, -0.2) is 0 Å². The number of aryl methyl sites for hydroxylation is 3. The molecule has 4 nitrogen and oxygen atoms in total. The van der Waals surface area contributed by atoms with Crippen molar-refractivity contribution >= 4 is 0 Å². The van der Waals surface area contributed by atoms with Crippen molar-refractivity contribution in [3.8, 4) is 0 Å². The average molecular weight is 312 g/mol. The molecule has 1 atom stereocenters. The summed E-state index contributed by atoms with van der Waals surface area (Å²) >= 11 is 0. The number of hydrogen-bond donors (Lipinski definition) is 0. The maximum atomic E-state index is 4.67. The molecule has 0 bridgehead atoms. The van der Waals surface area contributed by atoms with Gasteiger partial charge < -0.3 is 0 Å². The average Bonchev–Trinajstić information content (AvgIpc) is 2.88. The number of nitrogens with zero attached hydrogens (tertiary/aromatic N) is 4. The highest BCUT2D eigenvalue weighted by atomic mass is 15.3. The number of rotatable bonds is 5. The highest BCUT2D eigenvalue weighted by Crippen LogP contribution is 2.22. The molecule has 4 heteroatoms. The maximum Gasteiger partial charge on any atom is 0.0638 e. The zero-order valence-corrected chi connectivity index (χ0v) is 14.6. The molecule has 0 radical (unpaired) electrons.